The molecule has 1 aromatic rings. The number of tetrazole rings is 1. The van der Waals surface area contributed by atoms with E-state index in [2.05, 4.69) is 33.8 Å². The maximum Gasteiger partial charge on any atom is 0.209 e. The van der Waals surface area contributed by atoms with Gasteiger partial charge in [-0.2, -0.15) is 5.26 Å². The Hall–Kier alpha value is -1.13. The predicted octanol–water partition coefficient (Wildman–Crippen LogP) is 1.77. The molecular weight excluding hydrogens is 260 g/mol. The molecule has 0 bridgehead atoms. The zero-order chi connectivity index (χ0) is 13.7. The average Bonchev–Trinajstić information content (AvgIpc) is 3.16. The average molecular weight is 280 g/mol. The Balaban J connectivity index is 1.81. The van der Waals surface area contributed by atoms with Gasteiger partial charge in [0.15, 0.2) is 0 Å². The van der Waals surface area contributed by atoms with Crippen molar-refractivity contribution in [1.29, 1.82) is 5.26 Å². The molecule has 1 fully saturated rings. The van der Waals surface area contributed by atoms with Crippen LogP contribution in [0.2, 0.25) is 0 Å². The minimum Gasteiger partial charge on any atom is -0.300 e. The maximum absolute atomic E-state index is 9.25. The standard InChI is InChI=1S/C12H20N6S/c1-3-7-14-12(2,9-13)6-8-19-11-15-16-17-18(11)10-4-5-10/h10,14H,3-8H2,1-2H3. The highest BCUT2D eigenvalue weighted by Gasteiger charge is 2.28. The Kier molecular flexibility index (Phi) is 4.77. The fourth-order valence-corrected chi connectivity index (χ4v) is 2.86. The third kappa shape index (κ3) is 3.91. The van der Waals surface area contributed by atoms with Gasteiger partial charge in [0.25, 0.3) is 0 Å². The number of nitrogens with zero attached hydrogens (tertiary/aromatic N) is 5. The predicted molar refractivity (Wildman–Crippen MR) is 73.7 cm³/mol. The molecule has 7 heteroatoms. The second kappa shape index (κ2) is 6.35. The van der Waals surface area contributed by atoms with E-state index in [1.165, 1.54) is 12.8 Å². The number of thioether (sulfide) groups is 1. The van der Waals surface area contributed by atoms with E-state index in [0.29, 0.717) is 6.04 Å². The minimum atomic E-state index is -0.457. The van der Waals surface area contributed by atoms with E-state index in [9.17, 15) is 5.26 Å². The van der Waals surface area contributed by atoms with Gasteiger partial charge < -0.3 is 0 Å². The van der Waals surface area contributed by atoms with Gasteiger partial charge in [-0.3, -0.25) is 5.32 Å². The monoisotopic (exact) mass is 280 g/mol. The molecule has 1 heterocycles. The van der Waals surface area contributed by atoms with Crippen LogP contribution in [0.1, 0.15) is 45.6 Å². The summed E-state index contributed by atoms with van der Waals surface area (Å²) in [5.74, 6) is 0.841. The number of nitrogens with one attached hydrogen (secondary N) is 1. The molecule has 0 radical (unpaired) electrons. The number of aromatic nitrogens is 4. The lowest BCUT2D eigenvalue weighted by Gasteiger charge is -2.22. The van der Waals surface area contributed by atoms with E-state index in [-0.39, 0.29) is 0 Å². The lowest BCUT2D eigenvalue weighted by atomic mass is 10.0. The third-order valence-corrected chi connectivity index (χ3v) is 4.14. The van der Waals surface area contributed by atoms with Crippen LogP contribution in [0.4, 0.5) is 0 Å². The van der Waals surface area contributed by atoms with E-state index in [1.807, 2.05) is 11.6 Å². The second-order valence-electron chi connectivity index (χ2n) is 5.11. The summed E-state index contributed by atoms with van der Waals surface area (Å²) in [6.07, 6.45) is 4.16. The molecule has 0 amide bonds. The molecule has 1 N–H and O–H groups in total. The normalized spacial score (nSPS) is 17.9. The maximum atomic E-state index is 9.25. The number of hydrogen-bond donors (Lipinski definition) is 1. The first kappa shape index (κ1) is 14.3. The zero-order valence-electron chi connectivity index (χ0n) is 11.5. The van der Waals surface area contributed by atoms with Crippen LogP contribution in [0.3, 0.4) is 0 Å². The van der Waals surface area contributed by atoms with Gasteiger partial charge in [0.2, 0.25) is 5.16 Å². The lowest BCUT2D eigenvalue weighted by molar-refractivity contribution is 0.437. The molecule has 1 atom stereocenters. The molecular formula is C12H20N6S. The Morgan fingerprint density at radius 3 is 3.00 bits per heavy atom. The molecule has 19 heavy (non-hydrogen) atoms. The summed E-state index contributed by atoms with van der Waals surface area (Å²) >= 11 is 1.63. The van der Waals surface area contributed by atoms with Gasteiger partial charge in [0.1, 0.15) is 5.54 Å². The second-order valence-corrected chi connectivity index (χ2v) is 6.17. The van der Waals surface area contributed by atoms with E-state index in [1.54, 1.807) is 11.8 Å². The third-order valence-electron chi connectivity index (χ3n) is 3.20. The van der Waals surface area contributed by atoms with Crippen molar-refractivity contribution in [1.82, 2.24) is 25.5 Å². The Bertz CT molecular complexity index is 449. The molecule has 2 rings (SSSR count). The fraction of sp³-hybridized carbons (Fsp3) is 0.833. The number of hydrogen-bond acceptors (Lipinski definition) is 6. The Morgan fingerprint density at radius 1 is 1.58 bits per heavy atom. The van der Waals surface area contributed by atoms with Crippen molar-refractivity contribution < 1.29 is 0 Å². The van der Waals surface area contributed by atoms with Gasteiger partial charge >= 0.3 is 0 Å². The summed E-state index contributed by atoms with van der Waals surface area (Å²) in [5.41, 5.74) is -0.457. The highest BCUT2D eigenvalue weighted by molar-refractivity contribution is 7.99. The molecule has 1 unspecified atom stereocenters. The summed E-state index contributed by atoms with van der Waals surface area (Å²) in [6, 6.07) is 2.86. The molecule has 0 aliphatic heterocycles. The molecule has 1 aliphatic carbocycles. The van der Waals surface area contributed by atoms with Crippen molar-refractivity contribution >= 4 is 11.8 Å². The van der Waals surface area contributed by atoms with Gasteiger partial charge in [-0.1, -0.05) is 18.7 Å². The number of rotatable bonds is 8. The van der Waals surface area contributed by atoms with Gasteiger partial charge in [-0.05, 0) is 49.6 Å². The largest absolute Gasteiger partial charge is 0.300 e. The number of nitriles is 1. The van der Waals surface area contributed by atoms with Crippen LogP contribution in [-0.2, 0) is 0 Å². The summed E-state index contributed by atoms with van der Waals surface area (Å²) < 4.78 is 1.91. The first-order chi connectivity index (χ1) is 9.18. The van der Waals surface area contributed by atoms with Crippen LogP contribution in [0.25, 0.3) is 0 Å². The van der Waals surface area contributed by atoms with Gasteiger partial charge in [-0.15, -0.1) is 5.10 Å². The first-order valence-electron chi connectivity index (χ1n) is 6.75. The van der Waals surface area contributed by atoms with Crippen molar-refractivity contribution in [2.24, 2.45) is 0 Å². The summed E-state index contributed by atoms with van der Waals surface area (Å²) in [6.45, 7) is 4.92. The van der Waals surface area contributed by atoms with Crippen molar-refractivity contribution in [3.05, 3.63) is 0 Å². The zero-order valence-corrected chi connectivity index (χ0v) is 12.3. The smallest absolute Gasteiger partial charge is 0.209 e. The molecule has 6 nitrogen and oxygen atoms in total. The van der Waals surface area contributed by atoms with Crippen LogP contribution >= 0.6 is 11.8 Å². The molecule has 104 valence electrons. The van der Waals surface area contributed by atoms with E-state index in [0.717, 1.165) is 30.3 Å². The van der Waals surface area contributed by atoms with E-state index in [4.69, 9.17) is 0 Å². The molecule has 0 saturated heterocycles. The SMILES string of the molecule is CCCNC(C)(C#N)CCSc1nnnn1C1CC1. The van der Waals surface area contributed by atoms with Gasteiger partial charge in [-0.25, -0.2) is 4.68 Å². The van der Waals surface area contributed by atoms with Crippen LogP contribution in [-0.4, -0.2) is 38.0 Å². The fourth-order valence-electron chi connectivity index (χ4n) is 1.76. The highest BCUT2D eigenvalue weighted by atomic mass is 32.2. The van der Waals surface area contributed by atoms with Gasteiger partial charge in [0, 0.05) is 5.75 Å². The molecule has 0 spiro atoms. The van der Waals surface area contributed by atoms with E-state index >= 15 is 0 Å². The van der Waals surface area contributed by atoms with Crippen LogP contribution in [0.5, 0.6) is 0 Å². The molecule has 1 saturated carbocycles. The summed E-state index contributed by atoms with van der Waals surface area (Å²) in [4.78, 5) is 0. The van der Waals surface area contributed by atoms with Gasteiger partial charge in [0.05, 0.1) is 12.1 Å². The highest BCUT2D eigenvalue weighted by Crippen LogP contribution is 2.36. The summed E-state index contributed by atoms with van der Waals surface area (Å²) in [5, 5.41) is 25.2. The topological polar surface area (TPSA) is 79.4 Å². The van der Waals surface area contributed by atoms with Crippen LogP contribution in [0, 0.1) is 11.3 Å². The molecule has 0 aromatic carbocycles. The van der Waals surface area contributed by atoms with E-state index < -0.39 is 5.54 Å². The van der Waals surface area contributed by atoms with Crippen molar-refractivity contribution in [2.45, 2.75) is 56.3 Å². The minimum absolute atomic E-state index is 0.457. The Morgan fingerprint density at radius 2 is 2.37 bits per heavy atom. The quantitative estimate of drug-likeness (QED) is 0.731. The molecule has 1 aromatic heterocycles. The first-order valence-corrected chi connectivity index (χ1v) is 7.74. The van der Waals surface area contributed by atoms with Crippen molar-refractivity contribution in [3.8, 4) is 6.07 Å². The summed E-state index contributed by atoms with van der Waals surface area (Å²) in [7, 11) is 0. The van der Waals surface area contributed by atoms with Crippen LogP contribution < -0.4 is 5.32 Å². The van der Waals surface area contributed by atoms with Crippen LogP contribution in [0.15, 0.2) is 5.16 Å². The lowest BCUT2D eigenvalue weighted by Crippen LogP contribution is -2.41. The van der Waals surface area contributed by atoms with Crippen molar-refractivity contribution in [2.75, 3.05) is 12.3 Å². The Labute approximate surface area is 117 Å². The molecule has 1 aliphatic rings. The van der Waals surface area contributed by atoms with Crippen molar-refractivity contribution in [3.63, 3.8) is 0 Å².